The Morgan fingerprint density at radius 1 is 1.64 bits per heavy atom. The SMILES string of the molecule is CCc1cn(C)nc1CCO. The smallest absolute Gasteiger partial charge is 0.0679 e. The lowest BCUT2D eigenvalue weighted by Gasteiger charge is -1.93. The summed E-state index contributed by atoms with van der Waals surface area (Å²) in [5, 5.41) is 12.9. The van der Waals surface area contributed by atoms with E-state index >= 15 is 0 Å². The maximum absolute atomic E-state index is 8.70. The summed E-state index contributed by atoms with van der Waals surface area (Å²) in [5.74, 6) is 0. The first-order chi connectivity index (χ1) is 5.27. The molecule has 0 amide bonds. The van der Waals surface area contributed by atoms with Crippen LogP contribution in [-0.2, 0) is 19.9 Å². The Kier molecular flexibility index (Phi) is 2.65. The van der Waals surface area contributed by atoms with Crippen molar-refractivity contribution in [1.82, 2.24) is 9.78 Å². The molecule has 1 N–H and O–H groups in total. The standard InChI is InChI=1S/C8H14N2O/c1-3-7-6-10(2)9-8(7)4-5-11/h6,11H,3-5H2,1-2H3. The van der Waals surface area contributed by atoms with E-state index in [-0.39, 0.29) is 6.61 Å². The number of aliphatic hydroxyl groups excluding tert-OH is 1. The van der Waals surface area contributed by atoms with Crippen molar-refractivity contribution in [2.75, 3.05) is 6.61 Å². The molecule has 0 saturated heterocycles. The highest BCUT2D eigenvalue weighted by Crippen LogP contribution is 2.06. The monoisotopic (exact) mass is 154 g/mol. The summed E-state index contributed by atoms with van der Waals surface area (Å²) in [4.78, 5) is 0. The Morgan fingerprint density at radius 3 is 2.91 bits per heavy atom. The Bertz CT molecular complexity index is 230. The van der Waals surface area contributed by atoms with E-state index < -0.39 is 0 Å². The molecule has 1 heterocycles. The maximum Gasteiger partial charge on any atom is 0.0679 e. The number of rotatable bonds is 3. The summed E-state index contributed by atoms with van der Waals surface area (Å²) in [5.41, 5.74) is 2.26. The number of aliphatic hydroxyl groups is 1. The zero-order chi connectivity index (χ0) is 8.27. The molecule has 1 rings (SSSR count). The second-order valence-corrected chi connectivity index (χ2v) is 2.60. The molecule has 0 radical (unpaired) electrons. The second kappa shape index (κ2) is 3.53. The number of hydrogen-bond acceptors (Lipinski definition) is 2. The highest BCUT2D eigenvalue weighted by atomic mass is 16.3. The van der Waals surface area contributed by atoms with E-state index in [0.717, 1.165) is 12.1 Å². The third kappa shape index (κ3) is 1.80. The Morgan fingerprint density at radius 2 is 2.36 bits per heavy atom. The zero-order valence-corrected chi connectivity index (χ0v) is 7.04. The van der Waals surface area contributed by atoms with Crippen molar-refractivity contribution >= 4 is 0 Å². The molecule has 0 fully saturated rings. The van der Waals surface area contributed by atoms with Gasteiger partial charge in [0.05, 0.1) is 5.69 Å². The molecule has 11 heavy (non-hydrogen) atoms. The summed E-state index contributed by atoms with van der Waals surface area (Å²) < 4.78 is 1.80. The van der Waals surface area contributed by atoms with Crippen molar-refractivity contribution < 1.29 is 5.11 Å². The van der Waals surface area contributed by atoms with Crippen LogP contribution in [0.25, 0.3) is 0 Å². The van der Waals surface area contributed by atoms with Gasteiger partial charge >= 0.3 is 0 Å². The van der Waals surface area contributed by atoms with Gasteiger partial charge in [-0.1, -0.05) is 6.92 Å². The van der Waals surface area contributed by atoms with Crippen LogP contribution in [0, 0.1) is 0 Å². The minimum atomic E-state index is 0.185. The molecule has 0 spiro atoms. The van der Waals surface area contributed by atoms with Gasteiger partial charge in [-0.2, -0.15) is 5.10 Å². The van der Waals surface area contributed by atoms with E-state index in [1.807, 2.05) is 13.2 Å². The Balaban J connectivity index is 2.83. The van der Waals surface area contributed by atoms with Gasteiger partial charge in [0, 0.05) is 26.3 Å². The Labute approximate surface area is 66.7 Å². The van der Waals surface area contributed by atoms with Gasteiger partial charge in [0.25, 0.3) is 0 Å². The van der Waals surface area contributed by atoms with Gasteiger partial charge in [-0.05, 0) is 12.0 Å². The van der Waals surface area contributed by atoms with Crippen LogP contribution < -0.4 is 0 Å². The fraction of sp³-hybridized carbons (Fsp3) is 0.625. The van der Waals surface area contributed by atoms with E-state index in [1.54, 1.807) is 4.68 Å². The Hall–Kier alpha value is -0.830. The molecule has 62 valence electrons. The van der Waals surface area contributed by atoms with Gasteiger partial charge in [-0.3, -0.25) is 4.68 Å². The van der Waals surface area contributed by atoms with Crippen LogP contribution in [-0.4, -0.2) is 21.5 Å². The number of aryl methyl sites for hydroxylation is 2. The molecule has 1 aromatic heterocycles. The van der Waals surface area contributed by atoms with Crippen molar-refractivity contribution in [2.45, 2.75) is 19.8 Å². The van der Waals surface area contributed by atoms with Gasteiger partial charge in [0.2, 0.25) is 0 Å². The predicted octanol–water partition coefficient (Wildman–Crippen LogP) is 0.517. The van der Waals surface area contributed by atoms with E-state index in [2.05, 4.69) is 12.0 Å². The van der Waals surface area contributed by atoms with Gasteiger partial charge in [0.1, 0.15) is 0 Å². The molecule has 0 aromatic carbocycles. The van der Waals surface area contributed by atoms with Crippen LogP contribution >= 0.6 is 0 Å². The summed E-state index contributed by atoms with van der Waals surface area (Å²) in [6.45, 7) is 2.28. The van der Waals surface area contributed by atoms with E-state index in [1.165, 1.54) is 5.56 Å². The predicted molar refractivity (Wildman–Crippen MR) is 43.4 cm³/mol. The molecule has 0 saturated carbocycles. The number of aromatic nitrogens is 2. The van der Waals surface area contributed by atoms with E-state index in [0.29, 0.717) is 6.42 Å². The van der Waals surface area contributed by atoms with Crippen LogP contribution in [0.4, 0.5) is 0 Å². The molecule has 3 heteroatoms. The molecule has 0 unspecified atom stereocenters. The van der Waals surface area contributed by atoms with Crippen molar-refractivity contribution in [3.63, 3.8) is 0 Å². The highest BCUT2D eigenvalue weighted by Gasteiger charge is 2.03. The van der Waals surface area contributed by atoms with Crippen molar-refractivity contribution in [3.8, 4) is 0 Å². The average Bonchev–Trinajstić information content (AvgIpc) is 2.32. The van der Waals surface area contributed by atoms with Crippen LogP contribution in [0.15, 0.2) is 6.20 Å². The van der Waals surface area contributed by atoms with Gasteiger partial charge in [0.15, 0.2) is 0 Å². The minimum absolute atomic E-state index is 0.185. The van der Waals surface area contributed by atoms with Crippen LogP contribution in [0.1, 0.15) is 18.2 Å². The summed E-state index contributed by atoms with van der Waals surface area (Å²) in [6, 6.07) is 0. The van der Waals surface area contributed by atoms with E-state index in [9.17, 15) is 0 Å². The van der Waals surface area contributed by atoms with E-state index in [4.69, 9.17) is 5.11 Å². The molecule has 0 aliphatic carbocycles. The van der Waals surface area contributed by atoms with Crippen LogP contribution in [0.2, 0.25) is 0 Å². The quantitative estimate of drug-likeness (QED) is 0.689. The first kappa shape index (κ1) is 8.27. The lowest BCUT2D eigenvalue weighted by Crippen LogP contribution is -1.96. The molecule has 0 bridgehead atoms. The summed E-state index contributed by atoms with van der Waals surface area (Å²) >= 11 is 0. The molecular formula is C8H14N2O. The first-order valence-corrected chi connectivity index (χ1v) is 3.90. The van der Waals surface area contributed by atoms with Crippen LogP contribution in [0.5, 0.6) is 0 Å². The maximum atomic E-state index is 8.70. The molecular weight excluding hydrogens is 140 g/mol. The molecule has 0 aliphatic heterocycles. The van der Waals surface area contributed by atoms with Gasteiger partial charge in [-0.25, -0.2) is 0 Å². The first-order valence-electron chi connectivity index (χ1n) is 3.90. The third-order valence-corrected chi connectivity index (χ3v) is 1.72. The van der Waals surface area contributed by atoms with Crippen LogP contribution in [0.3, 0.4) is 0 Å². The summed E-state index contributed by atoms with van der Waals surface area (Å²) in [6.07, 6.45) is 3.66. The lowest BCUT2D eigenvalue weighted by atomic mass is 10.1. The molecule has 1 aromatic rings. The van der Waals surface area contributed by atoms with Gasteiger partial charge in [-0.15, -0.1) is 0 Å². The highest BCUT2D eigenvalue weighted by molar-refractivity contribution is 5.16. The summed E-state index contributed by atoms with van der Waals surface area (Å²) in [7, 11) is 1.90. The van der Waals surface area contributed by atoms with Crippen molar-refractivity contribution in [2.24, 2.45) is 7.05 Å². The normalized spacial score (nSPS) is 10.5. The fourth-order valence-corrected chi connectivity index (χ4v) is 1.20. The fourth-order valence-electron chi connectivity index (χ4n) is 1.20. The number of nitrogens with zero attached hydrogens (tertiary/aromatic N) is 2. The average molecular weight is 154 g/mol. The van der Waals surface area contributed by atoms with Gasteiger partial charge < -0.3 is 5.11 Å². The largest absolute Gasteiger partial charge is 0.396 e. The molecule has 0 atom stereocenters. The topological polar surface area (TPSA) is 38.0 Å². The minimum Gasteiger partial charge on any atom is -0.396 e. The zero-order valence-electron chi connectivity index (χ0n) is 7.04. The van der Waals surface area contributed by atoms with Crippen molar-refractivity contribution in [1.29, 1.82) is 0 Å². The second-order valence-electron chi connectivity index (χ2n) is 2.60. The molecule has 0 aliphatic rings. The molecule has 3 nitrogen and oxygen atoms in total. The third-order valence-electron chi connectivity index (χ3n) is 1.72. The lowest BCUT2D eigenvalue weighted by molar-refractivity contribution is 0.297. The van der Waals surface area contributed by atoms with Crippen molar-refractivity contribution in [3.05, 3.63) is 17.5 Å². The number of hydrogen-bond donors (Lipinski definition) is 1.